The van der Waals surface area contributed by atoms with Gasteiger partial charge >= 0.3 is 5.97 Å². The van der Waals surface area contributed by atoms with Crippen LogP contribution in [-0.4, -0.2) is 67.8 Å². The number of carbonyl (C=O) groups is 2. The van der Waals surface area contributed by atoms with Crippen molar-refractivity contribution in [2.45, 2.75) is 95.9 Å². The Hall–Kier alpha value is -2.40. The minimum Gasteiger partial charge on any atom is -0.475 e. The molecule has 9 heteroatoms. The van der Waals surface area contributed by atoms with Crippen LogP contribution >= 0.6 is 0 Å². The number of aliphatic carboxylic acids is 1. The van der Waals surface area contributed by atoms with Crippen LogP contribution in [-0.2, 0) is 33.0 Å². The van der Waals surface area contributed by atoms with E-state index in [1.807, 2.05) is 74.5 Å². The maximum absolute atomic E-state index is 12.8. The van der Waals surface area contributed by atoms with Crippen LogP contribution in [0.15, 0.2) is 60.7 Å². The Morgan fingerprint density at radius 2 is 1.46 bits per heavy atom. The molecule has 0 unspecified atom stereocenters. The van der Waals surface area contributed by atoms with Crippen LogP contribution in [0, 0.1) is 0 Å². The molecule has 2 aliphatic rings. The van der Waals surface area contributed by atoms with E-state index < -0.39 is 61.1 Å². The van der Waals surface area contributed by atoms with Crippen molar-refractivity contribution >= 4 is 30.4 Å². The maximum atomic E-state index is 12.8. The third-order valence-corrected chi connectivity index (χ3v) is 12.4. The summed E-state index contributed by atoms with van der Waals surface area (Å²) in [7, 11) is -3.18. The molecule has 0 bridgehead atoms. The molecule has 8 nitrogen and oxygen atoms in total. The third kappa shape index (κ3) is 6.19. The largest absolute Gasteiger partial charge is 0.475 e. The molecule has 212 valence electrons. The second-order valence-corrected chi connectivity index (χ2v) is 16.4. The average Bonchev–Trinajstić information content (AvgIpc) is 3.39. The molecule has 2 heterocycles. The Balaban J connectivity index is 1.86. The van der Waals surface area contributed by atoms with Gasteiger partial charge in [0.15, 0.2) is 11.6 Å². The van der Waals surface area contributed by atoms with E-state index in [2.05, 4.69) is 20.8 Å². The lowest BCUT2D eigenvalue weighted by molar-refractivity contribution is -0.175. The van der Waals surface area contributed by atoms with E-state index in [9.17, 15) is 14.7 Å². The summed E-state index contributed by atoms with van der Waals surface area (Å²) in [5.74, 6) is -4.28. The van der Waals surface area contributed by atoms with Gasteiger partial charge in [0, 0.05) is 6.42 Å². The fraction of sp³-hybridized carbons (Fsp3) is 0.533. The van der Waals surface area contributed by atoms with Gasteiger partial charge in [0.2, 0.25) is 5.78 Å². The summed E-state index contributed by atoms with van der Waals surface area (Å²) in [6, 6.07) is 20.0. The zero-order valence-electron chi connectivity index (χ0n) is 23.8. The predicted octanol–water partition coefficient (Wildman–Crippen LogP) is 3.65. The number of carboxylic acids is 1. The first-order chi connectivity index (χ1) is 18.2. The van der Waals surface area contributed by atoms with Crippen LogP contribution in [0.1, 0.15) is 54.9 Å². The van der Waals surface area contributed by atoms with Gasteiger partial charge in [-0.05, 0) is 43.1 Å². The van der Waals surface area contributed by atoms with Gasteiger partial charge in [0.25, 0.3) is 8.32 Å². The van der Waals surface area contributed by atoms with E-state index in [-0.39, 0.29) is 13.0 Å². The van der Waals surface area contributed by atoms with E-state index in [1.165, 1.54) is 0 Å². The summed E-state index contributed by atoms with van der Waals surface area (Å²) in [6.07, 6.45) is -3.23. The topological polar surface area (TPSA) is 101 Å². The summed E-state index contributed by atoms with van der Waals surface area (Å²) in [6.45, 7) is 13.9. The van der Waals surface area contributed by atoms with Gasteiger partial charge in [0.05, 0.1) is 12.7 Å². The Morgan fingerprint density at radius 3 is 1.90 bits per heavy atom. The molecule has 4 rings (SSSR count). The minimum atomic E-state index is -3.18. The highest BCUT2D eigenvalue weighted by Crippen LogP contribution is 2.42. The van der Waals surface area contributed by atoms with Crippen molar-refractivity contribution in [3.05, 3.63) is 60.7 Å². The van der Waals surface area contributed by atoms with Gasteiger partial charge in [0.1, 0.15) is 18.3 Å². The first-order valence-corrected chi connectivity index (χ1v) is 15.3. The van der Waals surface area contributed by atoms with Crippen molar-refractivity contribution in [3.8, 4) is 0 Å². The summed E-state index contributed by atoms with van der Waals surface area (Å²) in [4.78, 5) is 24.6. The average molecular weight is 557 g/mol. The van der Waals surface area contributed by atoms with Crippen LogP contribution in [0.2, 0.25) is 5.04 Å². The van der Waals surface area contributed by atoms with E-state index in [1.54, 1.807) is 13.8 Å². The molecule has 0 radical (unpaired) electrons. The van der Waals surface area contributed by atoms with Gasteiger partial charge in [-0.3, -0.25) is 4.79 Å². The molecule has 0 spiro atoms. The quantitative estimate of drug-likeness (QED) is 0.369. The summed E-state index contributed by atoms with van der Waals surface area (Å²) in [5.41, 5.74) is 0. The number of carbonyl (C=O) groups excluding carboxylic acids is 1. The van der Waals surface area contributed by atoms with Gasteiger partial charge in [-0.2, -0.15) is 0 Å². The van der Waals surface area contributed by atoms with E-state index in [4.69, 9.17) is 23.4 Å². The molecular formula is C30H40O8Si. The second kappa shape index (κ2) is 10.9. The maximum Gasteiger partial charge on any atom is 0.372 e. The van der Waals surface area contributed by atoms with Crippen molar-refractivity contribution in [1.82, 2.24) is 0 Å². The Morgan fingerprint density at radius 1 is 0.923 bits per heavy atom. The van der Waals surface area contributed by atoms with Gasteiger partial charge in [-0.15, -0.1) is 0 Å². The SMILES string of the molecule is CC1(C)O[C@@H]([C@H](CC(=O)C(=O)O)O[Si](c2ccccc2)(c2ccccc2)C(C)(C)C)[C@@H]([C@H]2COC(C)(C)O2)O1. The number of rotatable bonds is 9. The summed E-state index contributed by atoms with van der Waals surface area (Å²) >= 11 is 0. The number of carboxylic acid groups (broad SMARTS) is 1. The summed E-state index contributed by atoms with van der Waals surface area (Å²) in [5, 5.41) is 11.2. The molecule has 2 fully saturated rings. The van der Waals surface area contributed by atoms with Crippen LogP contribution in [0.25, 0.3) is 0 Å². The van der Waals surface area contributed by atoms with Gasteiger partial charge in [-0.1, -0.05) is 81.4 Å². The first-order valence-electron chi connectivity index (χ1n) is 13.4. The third-order valence-electron chi connectivity index (χ3n) is 7.30. The highest BCUT2D eigenvalue weighted by Gasteiger charge is 2.57. The van der Waals surface area contributed by atoms with Crippen molar-refractivity contribution in [3.63, 3.8) is 0 Å². The lowest BCUT2D eigenvalue weighted by atomic mass is 9.99. The standard InChI is InChI=1S/C30H40O8Si/c1-28(2,3)39(20-14-10-8-11-15-20,21-16-12-9-13-17-21)38-23(18-22(31)27(32)33)25-26(37-30(6,7)36-25)24-19-34-29(4,5)35-24/h8-17,23-26H,18-19H2,1-7H3,(H,32,33)/t23-,24+,25-,26+/m0/s1. The Bertz CT molecular complexity index is 1120. The highest BCUT2D eigenvalue weighted by molar-refractivity contribution is 6.99. The van der Waals surface area contributed by atoms with E-state index in [0.29, 0.717) is 0 Å². The molecule has 39 heavy (non-hydrogen) atoms. The van der Waals surface area contributed by atoms with Gasteiger partial charge < -0.3 is 28.5 Å². The van der Waals surface area contributed by atoms with Gasteiger partial charge in [-0.25, -0.2) is 4.79 Å². The van der Waals surface area contributed by atoms with Crippen molar-refractivity contribution < 1.29 is 38.1 Å². The molecule has 0 aromatic heterocycles. The van der Waals surface area contributed by atoms with Crippen LogP contribution in [0.3, 0.4) is 0 Å². The monoisotopic (exact) mass is 556 g/mol. The number of ketones is 1. The molecule has 0 aliphatic carbocycles. The molecular weight excluding hydrogens is 516 g/mol. The number of benzene rings is 2. The molecule has 4 atom stereocenters. The number of hydrogen-bond acceptors (Lipinski definition) is 7. The van der Waals surface area contributed by atoms with E-state index >= 15 is 0 Å². The Kier molecular flexibility index (Phi) is 8.25. The van der Waals surface area contributed by atoms with Crippen molar-refractivity contribution in [1.29, 1.82) is 0 Å². The smallest absolute Gasteiger partial charge is 0.372 e. The second-order valence-electron chi connectivity index (χ2n) is 12.2. The van der Waals surface area contributed by atoms with Crippen molar-refractivity contribution in [2.75, 3.05) is 6.61 Å². The number of Topliss-reactive ketones (excluding diaryl/α,β-unsaturated/α-hetero) is 1. The molecule has 2 saturated heterocycles. The van der Waals surface area contributed by atoms with Crippen molar-refractivity contribution in [2.24, 2.45) is 0 Å². The lowest BCUT2D eigenvalue weighted by Gasteiger charge is -2.46. The summed E-state index contributed by atoms with van der Waals surface area (Å²) < 4.78 is 32.0. The number of hydrogen-bond donors (Lipinski definition) is 1. The zero-order chi connectivity index (χ0) is 28.6. The molecule has 2 aliphatic heterocycles. The van der Waals surface area contributed by atoms with Crippen LogP contribution in [0.4, 0.5) is 0 Å². The lowest BCUT2D eigenvalue weighted by Crippen LogP contribution is -2.69. The zero-order valence-corrected chi connectivity index (χ0v) is 24.8. The molecule has 2 aromatic carbocycles. The fourth-order valence-electron chi connectivity index (χ4n) is 5.68. The first kappa shape index (κ1) is 29.6. The highest BCUT2D eigenvalue weighted by atomic mass is 28.4. The molecule has 2 aromatic rings. The fourth-order valence-corrected chi connectivity index (χ4v) is 10.4. The molecule has 1 N–H and O–H groups in total. The Labute approximate surface area is 231 Å². The normalized spacial score (nSPS) is 25.4. The minimum absolute atomic E-state index is 0.270. The molecule has 0 amide bonds. The molecule has 0 saturated carbocycles. The number of ether oxygens (including phenoxy) is 4. The van der Waals surface area contributed by atoms with Crippen LogP contribution in [0.5, 0.6) is 0 Å². The van der Waals surface area contributed by atoms with Crippen LogP contribution < -0.4 is 10.4 Å². The predicted molar refractivity (Wildman–Crippen MR) is 148 cm³/mol. The van der Waals surface area contributed by atoms with E-state index in [0.717, 1.165) is 10.4 Å².